The summed E-state index contributed by atoms with van der Waals surface area (Å²) < 4.78 is 0. The van der Waals surface area contributed by atoms with E-state index in [-0.39, 0.29) is 5.91 Å². The molecule has 1 amide bonds. The van der Waals surface area contributed by atoms with Crippen molar-refractivity contribution in [3.63, 3.8) is 0 Å². The second kappa shape index (κ2) is 7.67. The molecular formula is C13H27N3O. The minimum absolute atomic E-state index is 0.147. The Labute approximate surface area is 105 Å². The Morgan fingerprint density at radius 3 is 2.59 bits per heavy atom. The van der Waals surface area contributed by atoms with Gasteiger partial charge in [-0.25, -0.2) is 0 Å². The molecule has 3 N–H and O–H groups in total. The zero-order valence-corrected chi connectivity index (χ0v) is 11.2. The highest BCUT2D eigenvalue weighted by atomic mass is 16.1. The summed E-state index contributed by atoms with van der Waals surface area (Å²) in [5.74, 6) is 0.477. The first-order valence-electron chi connectivity index (χ1n) is 6.88. The Morgan fingerprint density at radius 2 is 2.06 bits per heavy atom. The number of hydrogen-bond acceptors (Lipinski definition) is 3. The van der Waals surface area contributed by atoms with Gasteiger partial charge in [-0.2, -0.15) is 0 Å². The molecule has 2 atom stereocenters. The summed E-state index contributed by atoms with van der Waals surface area (Å²) in [5, 5.41) is 3.02. The van der Waals surface area contributed by atoms with Gasteiger partial charge in [-0.3, -0.25) is 9.69 Å². The van der Waals surface area contributed by atoms with E-state index in [1.54, 1.807) is 0 Å². The van der Waals surface area contributed by atoms with Crippen LogP contribution in [0.4, 0.5) is 0 Å². The van der Waals surface area contributed by atoms with Crippen LogP contribution >= 0.6 is 0 Å². The van der Waals surface area contributed by atoms with Crippen molar-refractivity contribution in [2.24, 2.45) is 11.7 Å². The van der Waals surface area contributed by atoms with Crippen LogP contribution in [0.3, 0.4) is 0 Å². The summed E-state index contributed by atoms with van der Waals surface area (Å²) in [6.45, 7) is 7.99. The lowest BCUT2D eigenvalue weighted by molar-refractivity contribution is -0.122. The number of rotatable bonds is 7. The number of nitrogens with one attached hydrogen (secondary N) is 1. The van der Waals surface area contributed by atoms with Gasteiger partial charge < -0.3 is 11.1 Å². The van der Waals surface area contributed by atoms with Gasteiger partial charge in [-0.1, -0.05) is 13.3 Å². The fraction of sp³-hybridized carbons (Fsp3) is 0.923. The summed E-state index contributed by atoms with van der Waals surface area (Å²) in [6.07, 6.45) is 4.14. The molecule has 4 nitrogen and oxygen atoms in total. The summed E-state index contributed by atoms with van der Waals surface area (Å²) >= 11 is 0. The van der Waals surface area contributed by atoms with Crippen LogP contribution in [0.15, 0.2) is 0 Å². The predicted molar refractivity (Wildman–Crippen MR) is 70.7 cm³/mol. The number of hydrogen-bond donors (Lipinski definition) is 2. The third kappa shape index (κ3) is 5.04. The average molecular weight is 241 g/mol. The van der Waals surface area contributed by atoms with Gasteiger partial charge in [0.15, 0.2) is 0 Å². The number of nitrogens with two attached hydrogens (primary N) is 1. The number of nitrogens with zero attached hydrogens (tertiary/aromatic N) is 1. The molecule has 0 aromatic carbocycles. The Bertz CT molecular complexity index is 223. The van der Waals surface area contributed by atoms with Crippen molar-refractivity contribution in [3.05, 3.63) is 0 Å². The van der Waals surface area contributed by atoms with Gasteiger partial charge in [0.05, 0.1) is 0 Å². The van der Waals surface area contributed by atoms with Gasteiger partial charge in [-0.15, -0.1) is 0 Å². The van der Waals surface area contributed by atoms with E-state index in [1.165, 1.54) is 25.9 Å². The molecule has 1 aliphatic heterocycles. The largest absolute Gasteiger partial charge is 0.355 e. The van der Waals surface area contributed by atoms with Crippen LogP contribution in [0.25, 0.3) is 0 Å². The SMILES string of the molecule is CCC(CN)CC(=O)NCC(C)N1CCCC1. The maximum Gasteiger partial charge on any atom is 0.220 e. The number of likely N-dealkylation sites (tertiary alicyclic amines) is 1. The molecule has 17 heavy (non-hydrogen) atoms. The van der Waals surface area contributed by atoms with E-state index < -0.39 is 0 Å². The number of carbonyl (C=O) groups excluding carboxylic acids is 1. The molecule has 1 heterocycles. The lowest BCUT2D eigenvalue weighted by atomic mass is 10.0. The highest BCUT2D eigenvalue weighted by Crippen LogP contribution is 2.11. The van der Waals surface area contributed by atoms with Crippen LogP contribution in [0.2, 0.25) is 0 Å². The Hall–Kier alpha value is -0.610. The zero-order valence-electron chi connectivity index (χ0n) is 11.2. The monoisotopic (exact) mass is 241 g/mol. The molecule has 100 valence electrons. The van der Waals surface area contributed by atoms with Gasteiger partial charge >= 0.3 is 0 Å². The smallest absolute Gasteiger partial charge is 0.220 e. The second-order valence-corrected chi connectivity index (χ2v) is 5.11. The Morgan fingerprint density at radius 1 is 1.41 bits per heavy atom. The summed E-state index contributed by atoms with van der Waals surface area (Å²) in [5.41, 5.74) is 5.60. The van der Waals surface area contributed by atoms with E-state index in [2.05, 4.69) is 24.1 Å². The molecule has 0 aromatic rings. The number of amides is 1. The van der Waals surface area contributed by atoms with Crippen molar-refractivity contribution in [2.45, 2.75) is 45.6 Å². The molecule has 1 rings (SSSR count). The molecule has 0 radical (unpaired) electrons. The van der Waals surface area contributed by atoms with Crippen molar-refractivity contribution in [1.29, 1.82) is 0 Å². The lowest BCUT2D eigenvalue weighted by Gasteiger charge is -2.24. The van der Waals surface area contributed by atoms with E-state index in [0.717, 1.165) is 13.0 Å². The molecule has 2 unspecified atom stereocenters. The summed E-state index contributed by atoms with van der Waals surface area (Å²) in [7, 11) is 0. The van der Waals surface area contributed by atoms with Crippen LogP contribution in [0.1, 0.15) is 39.5 Å². The third-order valence-corrected chi connectivity index (χ3v) is 3.74. The van der Waals surface area contributed by atoms with Crippen LogP contribution in [-0.4, -0.2) is 43.0 Å². The van der Waals surface area contributed by atoms with Gasteiger partial charge in [0.25, 0.3) is 0 Å². The quantitative estimate of drug-likeness (QED) is 0.698. The molecule has 0 bridgehead atoms. The predicted octanol–water partition coefficient (Wildman–Crippen LogP) is 0.962. The van der Waals surface area contributed by atoms with Gasteiger partial charge in [0, 0.05) is 19.0 Å². The lowest BCUT2D eigenvalue weighted by Crippen LogP contribution is -2.41. The third-order valence-electron chi connectivity index (χ3n) is 3.74. The van der Waals surface area contributed by atoms with Crippen molar-refractivity contribution in [1.82, 2.24) is 10.2 Å². The Balaban J connectivity index is 2.18. The van der Waals surface area contributed by atoms with Crippen LogP contribution in [0, 0.1) is 5.92 Å². The summed E-state index contributed by atoms with van der Waals surface area (Å²) in [6, 6.07) is 0.458. The molecular weight excluding hydrogens is 214 g/mol. The maximum atomic E-state index is 11.7. The molecule has 0 saturated carbocycles. The standard InChI is InChI=1S/C13H27N3O/c1-3-12(9-14)8-13(17)15-10-11(2)16-6-4-5-7-16/h11-12H,3-10,14H2,1-2H3,(H,15,17). The highest BCUT2D eigenvalue weighted by Gasteiger charge is 2.18. The molecule has 4 heteroatoms. The van der Waals surface area contributed by atoms with Gasteiger partial charge in [0.2, 0.25) is 5.91 Å². The first kappa shape index (κ1) is 14.5. The van der Waals surface area contributed by atoms with E-state index in [4.69, 9.17) is 5.73 Å². The van der Waals surface area contributed by atoms with Gasteiger partial charge in [0.1, 0.15) is 0 Å². The first-order chi connectivity index (χ1) is 8.17. The van der Waals surface area contributed by atoms with E-state index in [9.17, 15) is 4.79 Å². The second-order valence-electron chi connectivity index (χ2n) is 5.11. The zero-order chi connectivity index (χ0) is 12.7. The van der Waals surface area contributed by atoms with E-state index in [0.29, 0.717) is 24.9 Å². The van der Waals surface area contributed by atoms with Crippen molar-refractivity contribution in [2.75, 3.05) is 26.2 Å². The minimum atomic E-state index is 0.147. The van der Waals surface area contributed by atoms with Crippen molar-refractivity contribution >= 4 is 5.91 Å². The fourth-order valence-corrected chi connectivity index (χ4v) is 2.30. The molecule has 1 fully saturated rings. The normalized spacial score (nSPS) is 20.2. The topological polar surface area (TPSA) is 58.4 Å². The number of carbonyl (C=O) groups is 1. The highest BCUT2D eigenvalue weighted by molar-refractivity contribution is 5.76. The summed E-state index contributed by atoms with van der Waals surface area (Å²) in [4.78, 5) is 14.2. The van der Waals surface area contributed by atoms with E-state index >= 15 is 0 Å². The first-order valence-corrected chi connectivity index (χ1v) is 6.88. The minimum Gasteiger partial charge on any atom is -0.355 e. The molecule has 1 aliphatic rings. The fourth-order valence-electron chi connectivity index (χ4n) is 2.30. The molecule has 1 saturated heterocycles. The molecule has 0 spiro atoms. The molecule has 0 aromatic heterocycles. The van der Waals surface area contributed by atoms with E-state index in [1.807, 2.05) is 0 Å². The van der Waals surface area contributed by atoms with Crippen LogP contribution < -0.4 is 11.1 Å². The molecule has 0 aliphatic carbocycles. The van der Waals surface area contributed by atoms with Crippen LogP contribution in [0.5, 0.6) is 0 Å². The maximum absolute atomic E-state index is 11.7. The van der Waals surface area contributed by atoms with Crippen molar-refractivity contribution in [3.8, 4) is 0 Å². The van der Waals surface area contributed by atoms with Crippen molar-refractivity contribution < 1.29 is 4.79 Å². The average Bonchev–Trinajstić information content (AvgIpc) is 2.86. The van der Waals surface area contributed by atoms with Crippen LogP contribution in [-0.2, 0) is 4.79 Å². The van der Waals surface area contributed by atoms with Gasteiger partial charge in [-0.05, 0) is 45.3 Å². The Kier molecular flexibility index (Phi) is 6.52.